The van der Waals surface area contributed by atoms with Gasteiger partial charge in [-0.05, 0) is 24.6 Å². The van der Waals surface area contributed by atoms with Crippen LogP contribution in [0.5, 0.6) is 0 Å². The Morgan fingerprint density at radius 3 is 2.89 bits per heavy atom. The maximum absolute atomic E-state index is 14.4. The summed E-state index contributed by atoms with van der Waals surface area (Å²) < 4.78 is 20.4. The quantitative estimate of drug-likeness (QED) is 0.524. The van der Waals surface area contributed by atoms with Gasteiger partial charge in [-0.1, -0.05) is 25.1 Å². The molecular weight excluding hydrogens is 351 g/mol. The molecule has 0 saturated carbocycles. The molecule has 136 valence electrons. The van der Waals surface area contributed by atoms with E-state index in [9.17, 15) is 19.1 Å². The van der Waals surface area contributed by atoms with Crippen molar-refractivity contribution in [1.29, 1.82) is 0 Å². The Kier molecular flexibility index (Phi) is 3.13. The highest BCUT2D eigenvalue weighted by molar-refractivity contribution is 5.86. The molecule has 0 amide bonds. The number of aliphatic hydroxyl groups is 1. The Balaban J connectivity index is 1.83. The maximum Gasteiger partial charge on any atom is 0.345 e. The van der Waals surface area contributed by atoms with E-state index in [1.54, 1.807) is 6.92 Å². The molecule has 0 bridgehead atoms. The van der Waals surface area contributed by atoms with Crippen molar-refractivity contribution >= 4 is 16.9 Å². The van der Waals surface area contributed by atoms with Crippen LogP contribution in [-0.2, 0) is 21.7 Å². The highest BCUT2D eigenvalue weighted by Gasteiger charge is 2.49. The van der Waals surface area contributed by atoms with Crippen LogP contribution in [0.2, 0.25) is 0 Å². The monoisotopic (exact) mass is 366 g/mol. The second kappa shape index (κ2) is 5.23. The summed E-state index contributed by atoms with van der Waals surface area (Å²) in [7, 11) is 0. The number of carbonyl (C=O) groups excluding carboxylic acids is 1. The number of halogens is 1. The Hall–Kier alpha value is -3.06. The summed E-state index contributed by atoms with van der Waals surface area (Å²) in [5.74, 6) is -1.08. The summed E-state index contributed by atoms with van der Waals surface area (Å²) in [6, 6.07) is 11.0. The van der Waals surface area contributed by atoms with E-state index in [0.717, 1.165) is 16.5 Å². The molecule has 27 heavy (non-hydrogen) atoms. The van der Waals surface area contributed by atoms with E-state index in [1.807, 2.05) is 30.3 Å². The van der Waals surface area contributed by atoms with Gasteiger partial charge in [0.1, 0.15) is 0 Å². The molecule has 7 heteroatoms. The van der Waals surface area contributed by atoms with E-state index in [0.29, 0.717) is 11.4 Å². The number of hydrogen-bond acceptors (Lipinski definition) is 5. The minimum atomic E-state index is -2.19. The van der Waals surface area contributed by atoms with Gasteiger partial charge in [-0.25, -0.2) is 9.78 Å². The zero-order chi connectivity index (χ0) is 18.9. The Bertz CT molecular complexity index is 1200. The number of hydrogen-bond donors (Lipinski definition) is 1. The zero-order valence-electron chi connectivity index (χ0n) is 14.4. The fourth-order valence-corrected chi connectivity index (χ4v) is 3.94. The van der Waals surface area contributed by atoms with Crippen molar-refractivity contribution in [3.05, 3.63) is 63.4 Å². The van der Waals surface area contributed by atoms with Gasteiger partial charge >= 0.3 is 5.97 Å². The lowest BCUT2D eigenvalue weighted by Gasteiger charge is -2.33. The third-order valence-electron chi connectivity index (χ3n) is 5.44. The number of aromatic nitrogens is 2. The van der Waals surface area contributed by atoms with Gasteiger partial charge in [-0.15, -0.1) is 0 Å². The lowest BCUT2D eigenvalue weighted by atomic mass is 9.85. The number of alkyl halides is 1. The van der Waals surface area contributed by atoms with Crippen molar-refractivity contribution in [3.63, 3.8) is 0 Å². The standard InChI is InChI=1S/C20H15FN2O4/c1-2-20(26)12-8-14-16-11(7-10-5-3-4-6-13(10)22-16)9-23(14)18(24)15(12)17(21)27-19(20)25/h3-8,17,26H,2,9H2,1H3/t17?,20-/m0/s1. The van der Waals surface area contributed by atoms with Crippen molar-refractivity contribution in [2.45, 2.75) is 31.8 Å². The second-order valence-corrected chi connectivity index (χ2v) is 6.87. The molecule has 2 aromatic heterocycles. The fourth-order valence-electron chi connectivity index (χ4n) is 3.94. The molecule has 2 aliphatic rings. The van der Waals surface area contributed by atoms with Crippen LogP contribution in [0.25, 0.3) is 22.3 Å². The molecule has 4 heterocycles. The first-order valence-electron chi connectivity index (χ1n) is 8.69. The van der Waals surface area contributed by atoms with Crippen LogP contribution < -0.4 is 5.56 Å². The van der Waals surface area contributed by atoms with E-state index in [-0.39, 0.29) is 24.1 Å². The van der Waals surface area contributed by atoms with E-state index >= 15 is 0 Å². The average molecular weight is 366 g/mol. The average Bonchev–Trinajstić information content (AvgIpc) is 3.02. The predicted molar refractivity (Wildman–Crippen MR) is 94.7 cm³/mol. The molecule has 1 unspecified atom stereocenters. The number of fused-ring (bicyclic) bond motifs is 5. The second-order valence-electron chi connectivity index (χ2n) is 6.87. The van der Waals surface area contributed by atoms with Crippen molar-refractivity contribution in [3.8, 4) is 11.4 Å². The normalized spacial score (nSPS) is 22.9. The largest absolute Gasteiger partial charge is 0.424 e. The molecule has 0 fully saturated rings. The topological polar surface area (TPSA) is 81.4 Å². The first-order chi connectivity index (χ1) is 12.9. The predicted octanol–water partition coefficient (Wildman–Crippen LogP) is 2.55. The first-order valence-corrected chi connectivity index (χ1v) is 8.69. The van der Waals surface area contributed by atoms with Gasteiger partial charge in [0.05, 0.1) is 29.0 Å². The van der Waals surface area contributed by atoms with Crippen LogP contribution >= 0.6 is 0 Å². The fraction of sp³-hybridized carbons (Fsp3) is 0.250. The third kappa shape index (κ3) is 2.00. The van der Waals surface area contributed by atoms with E-state index < -0.39 is 23.5 Å². The van der Waals surface area contributed by atoms with Crippen LogP contribution in [0.1, 0.15) is 36.4 Å². The van der Waals surface area contributed by atoms with Crippen LogP contribution in [-0.4, -0.2) is 20.6 Å². The highest BCUT2D eigenvalue weighted by atomic mass is 19.1. The maximum atomic E-state index is 14.4. The summed E-state index contributed by atoms with van der Waals surface area (Å²) in [5.41, 5.74) is -0.357. The molecule has 3 aromatic rings. The van der Waals surface area contributed by atoms with Gasteiger partial charge in [-0.2, -0.15) is 4.39 Å². The Labute approximate surface area is 152 Å². The minimum absolute atomic E-state index is 0.0344. The number of ether oxygens (including phenoxy) is 1. The molecule has 1 aromatic carbocycles. The summed E-state index contributed by atoms with van der Waals surface area (Å²) in [5, 5.41) is 11.7. The lowest BCUT2D eigenvalue weighted by molar-refractivity contribution is -0.188. The van der Waals surface area contributed by atoms with Crippen molar-refractivity contribution in [2.75, 3.05) is 0 Å². The summed E-state index contributed by atoms with van der Waals surface area (Å²) in [6.45, 7) is 1.83. The van der Waals surface area contributed by atoms with E-state index in [2.05, 4.69) is 9.72 Å². The van der Waals surface area contributed by atoms with E-state index in [1.165, 1.54) is 10.6 Å². The minimum Gasteiger partial charge on any atom is -0.424 e. The van der Waals surface area contributed by atoms with Gasteiger partial charge in [0.25, 0.3) is 11.9 Å². The molecule has 1 N–H and O–H groups in total. The summed E-state index contributed by atoms with van der Waals surface area (Å²) in [4.78, 5) is 29.7. The van der Waals surface area contributed by atoms with Crippen LogP contribution in [0, 0.1) is 0 Å². The molecule has 0 radical (unpaired) electrons. The molecule has 0 aliphatic carbocycles. The molecule has 2 aliphatic heterocycles. The number of rotatable bonds is 1. The van der Waals surface area contributed by atoms with Gasteiger partial charge in [0.15, 0.2) is 5.60 Å². The number of esters is 1. The van der Waals surface area contributed by atoms with Gasteiger partial charge in [0.2, 0.25) is 0 Å². The van der Waals surface area contributed by atoms with Gasteiger partial charge in [0, 0.05) is 16.5 Å². The molecule has 2 atom stereocenters. The number of nitrogens with zero attached hydrogens (tertiary/aromatic N) is 2. The van der Waals surface area contributed by atoms with Gasteiger partial charge in [-0.3, -0.25) is 4.79 Å². The van der Waals surface area contributed by atoms with Crippen molar-refractivity contribution < 1.29 is 19.0 Å². The first kappa shape index (κ1) is 16.1. The van der Waals surface area contributed by atoms with Crippen LogP contribution in [0.15, 0.2) is 41.2 Å². The molecule has 0 spiro atoms. The van der Waals surface area contributed by atoms with Crippen LogP contribution in [0.4, 0.5) is 4.39 Å². The SMILES string of the molecule is CC[C@@]1(O)C(=O)OC(F)c2c1cc1n(c2=O)Cc2cc3ccccc3nc2-1. The summed E-state index contributed by atoms with van der Waals surface area (Å²) in [6.07, 6.45) is -2.23. The smallest absolute Gasteiger partial charge is 0.345 e. The van der Waals surface area contributed by atoms with Crippen LogP contribution in [0.3, 0.4) is 0 Å². The number of cyclic esters (lactones) is 1. The Morgan fingerprint density at radius 2 is 2.11 bits per heavy atom. The van der Waals surface area contributed by atoms with Gasteiger partial charge < -0.3 is 14.4 Å². The lowest BCUT2D eigenvalue weighted by Crippen LogP contribution is -2.45. The van der Waals surface area contributed by atoms with E-state index in [4.69, 9.17) is 0 Å². The summed E-state index contributed by atoms with van der Waals surface area (Å²) >= 11 is 0. The number of carbonyl (C=O) groups is 1. The van der Waals surface area contributed by atoms with Crippen molar-refractivity contribution in [2.24, 2.45) is 0 Å². The molecule has 5 rings (SSSR count). The zero-order valence-corrected chi connectivity index (χ0v) is 14.4. The molecule has 0 saturated heterocycles. The molecular formula is C20H15FN2O4. The number of pyridine rings is 2. The molecule has 6 nitrogen and oxygen atoms in total. The Morgan fingerprint density at radius 1 is 1.33 bits per heavy atom. The number of para-hydroxylation sites is 1. The number of benzene rings is 1. The van der Waals surface area contributed by atoms with Crippen molar-refractivity contribution in [1.82, 2.24) is 9.55 Å². The highest BCUT2D eigenvalue weighted by Crippen LogP contribution is 2.42. The third-order valence-corrected chi connectivity index (χ3v) is 5.44.